The van der Waals surface area contributed by atoms with E-state index in [9.17, 15) is 9.59 Å². The van der Waals surface area contributed by atoms with Gasteiger partial charge in [-0.15, -0.1) is 0 Å². The van der Waals surface area contributed by atoms with Crippen molar-refractivity contribution in [1.82, 2.24) is 0 Å². The lowest BCUT2D eigenvalue weighted by atomic mass is 10.1. The molecule has 0 saturated carbocycles. The Balaban J connectivity index is 1.82. The summed E-state index contributed by atoms with van der Waals surface area (Å²) in [5, 5.41) is 3.41. The van der Waals surface area contributed by atoms with Crippen LogP contribution in [0, 0.1) is 0 Å². The van der Waals surface area contributed by atoms with Crippen LogP contribution in [0.4, 0.5) is 11.4 Å². The van der Waals surface area contributed by atoms with E-state index in [4.69, 9.17) is 34.8 Å². The van der Waals surface area contributed by atoms with Crippen LogP contribution < -0.4 is 10.2 Å². The van der Waals surface area contributed by atoms with E-state index in [0.29, 0.717) is 15.7 Å². The summed E-state index contributed by atoms with van der Waals surface area (Å²) in [7, 11) is 0. The van der Waals surface area contributed by atoms with Crippen molar-refractivity contribution in [1.29, 1.82) is 0 Å². The summed E-state index contributed by atoms with van der Waals surface area (Å²) in [6.07, 6.45) is 3.25. The molecule has 2 aromatic carbocycles. The number of anilines is 2. The third-order valence-corrected chi connectivity index (χ3v) is 4.96. The highest BCUT2D eigenvalue weighted by atomic mass is 35.5. The molecule has 27 heavy (non-hydrogen) atoms. The second-order valence-corrected chi connectivity index (χ2v) is 7.44. The second-order valence-electron chi connectivity index (χ2n) is 6.19. The summed E-state index contributed by atoms with van der Waals surface area (Å²) >= 11 is 18.1. The SMILES string of the molecule is CCCCc1ccc(NC2=C(Cl)C(=O)N(c3cc(Cl)cc(Cl)c3)C2=O)cc1. The fourth-order valence-corrected chi connectivity index (χ4v) is 3.52. The molecule has 3 rings (SSSR count). The molecule has 140 valence electrons. The number of rotatable bonds is 6. The lowest BCUT2D eigenvalue weighted by Gasteiger charge is -2.16. The van der Waals surface area contributed by atoms with E-state index in [1.807, 2.05) is 24.3 Å². The minimum absolute atomic E-state index is 0.0269. The van der Waals surface area contributed by atoms with Gasteiger partial charge in [-0.2, -0.15) is 0 Å². The van der Waals surface area contributed by atoms with Crippen LogP contribution in [0.5, 0.6) is 0 Å². The Kier molecular flexibility index (Phi) is 6.10. The molecule has 0 radical (unpaired) electrons. The van der Waals surface area contributed by atoms with Crippen molar-refractivity contribution in [3.63, 3.8) is 0 Å². The van der Waals surface area contributed by atoms with E-state index in [1.165, 1.54) is 23.8 Å². The van der Waals surface area contributed by atoms with Crippen molar-refractivity contribution < 1.29 is 9.59 Å². The highest BCUT2D eigenvalue weighted by molar-refractivity contribution is 6.53. The normalized spacial score (nSPS) is 14.3. The monoisotopic (exact) mass is 422 g/mol. The predicted octanol–water partition coefficient (Wildman–Crippen LogP) is 5.77. The van der Waals surface area contributed by atoms with E-state index < -0.39 is 11.8 Å². The number of benzene rings is 2. The molecule has 0 bridgehead atoms. The number of carbonyl (C=O) groups excluding carboxylic acids is 2. The quantitative estimate of drug-likeness (QED) is 0.600. The number of hydrogen-bond donors (Lipinski definition) is 1. The summed E-state index contributed by atoms with van der Waals surface area (Å²) in [4.78, 5) is 26.2. The summed E-state index contributed by atoms with van der Waals surface area (Å²) in [6, 6.07) is 12.2. The van der Waals surface area contributed by atoms with Gasteiger partial charge in [0.1, 0.15) is 10.7 Å². The molecule has 1 aliphatic rings. The Morgan fingerprint density at radius 1 is 0.926 bits per heavy atom. The molecule has 0 aliphatic carbocycles. The summed E-state index contributed by atoms with van der Waals surface area (Å²) in [5.74, 6) is -1.18. The Bertz CT molecular complexity index is 903. The standard InChI is InChI=1S/C20H17Cl3N2O2/c1-2-3-4-12-5-7-15(8-6-12)24-18-17(23)19(26)25(20(18)27)16-10-13(21)9-14(22)11-16/h5-11,24H,2-4H2,1H3. The summed E-state index contributed by atoms with van der Waals surface area (Å²) in [6.45, 7) is 2.14. The van der Waals surface area contributed by atoms with E-state index in [1.54, 1.807) is 0 Å². The van der Waals surface area contributed by atoms with Crippen LogP contribution >= 0.6 is 34.8 Å². The molecular weight excluding hydrogens is 407 g/mol. The van der Waals surface area contributed by atoms with Gasteiger partial charge in [0.15, 0.2) is 0 Å². The van der Waals surface area contributed by atoms with Gasteiger partial charge in [-0.05, 0) is 48.7 Å². The minimum atomic E-state index is -0.623. The molecule has 0 saturated heterocycles. The zero-order chi connectivity index (χ0) is 19.6. The van der Waals surface area contributed by atoms with Crippen LogP contribution in [-0.2, 0) is 16.0 Å². The van der Waals surface area contributed by atoms with Crippen LogP contribution in [0.2, 0.25) is 10.0 Å². The van der Waals surface area contributed by atoms with Gasteiger partial charge in [-0.3, -0.25) is 9.59 Å². The van der Waals surface area contributed by atoms with Gasteiger partial charge in [0.2, 0.25) is 0 Å². The predicted molar refractivity (Wildman–Crippen MR) is 111 cm³/mol. The zero-order valence-corrected chi connectivity index (χ0v) is 16.8. The topological polar surface area (TPSA) is 49.4 Å². The number of nitrogens with zero attached hydrogens (tertiary/aromatic N) is 1. The van der Waals surface area contributed by atoms with Crippen LogP contribution in [0.1, 0.15) is 25.3 Å². The fraction of sp³-hybridized carbons (Fsp3) is 0.200. The molecule has 2 amide bonds. The van der Waals surface area contributed by atoms with Gasteiger partial charge >= 0.3 is 0 Å². The van der Waals surface area contributed by atoms with Crippen molar-refractivity contribution in [2.75, 3.05) is 10.2 Å². The number of halogens is 3. The number of carbonyl (C=O) groups is 2. The van der Waals surface area contributed by atoms with Gasteiger partial charge in [-0.25, -0.2) is 4.90 Å². The van der Waals surface area contributed by atoms with Gasteiger partial charge in [0.25, 0.3) is 11.8 Å². The molecular formula is C20H17Cl3N2O2. The summed E-state index contributed by atoms with van der Waals surface area (Å²) < 4.78 is 0. The largest absolute Gasteiger partial charge is 0.350 e. The van der Waals surface area contributed by atoms with E-state index in [0.717, 1.165) is 24.2 Å². The number of hydrogen-bond acceptors (Lipinski definition) is 3. The van der Waals surface area contributed by atoms with Crippen molar-refractivity contribution in [3.05, 3.63) is 68.8 Å². The maximum Gasteiger partial charge on any atom is 0.283 e. The smallest absolute Gasteiger partial charge is 0.283 e. The van der Waals surface area contributed by atoms with Crippen molar-refractivity contribution in [2.24, 2.45) is 0 Å². The highest BCUT2D eigenvalue weighted by Crippen LogP contribution is 2.33. The molecule has 2 aromatic rings. The number of nitrogens with one attached hydrogen (secondary N) is 1. The Morgan fingerprint density at radius 3 is 2.15 bits per heavy atom. The minimum Gasteiger partial charge on any atom is -0.350 e. The number of amides is 2. The molecule has 7 heteroatoms. The van der Waals surface area contributed by atoms with Crippen LogP contribution in [0.15, 0.2) is 53.2 Å². The molecule has 1 heterocycles. The maximum absolute atomic E-state index is 12.8. The summed E-state index contributed by atoms with van der Waals surface area (Å²) in [5.41, 5.74) is 2.19. The van der Waals surface area contributed by atoms with E-state index in [2.05, 4.69) is 12.2 Å². The lowest BCUT2D eigenvalue weighted by Crippen LogP contribution is -2.32. The highest BCUT2D eigenvalue weighted by Gasteiger charge is 2.39. The molecule has 1 aliphatic heterocycles. The van der Waals surface area contributed by atoms with E-state index in [-0.39, 0.29) is 16.4 Å². The third-order valence-electron chi connectivity index (χ3n) is 4.18. The third kappa shape index (κ3) is 4.29. The average Bonchev–Trinajstić information content (AvgIpc) is 2.83. The molecule has 0 fully saturated rings. The van der Waals surface area contributed by atoms with Gasteiger partial charge < -0.3 is 5.32 Å². The maximum atomic E-state index is 12.8. The Hall–Kier alpha value is -2.01. The van der Waals surface area contributed by atoms with Crippen LogP contribution in [0.25, 0.3) is 0 Å². The van der Waals surface area contributed by atoms with Gasteiger partial charge in [0.05, 0.1) is 5.69 Å². The first-order chi connectivity index (χ1) is 12.9. The molecule has 0 atom stereocenters. The average molecular weight is 424 g/mol. The molecule has 4 nitrogen and oxygen atoms in total. The van der Waals surface area contributed by atoms with Gasteiger partial charge in [-0.1, -0.05) is 60.3 Å². The van der Waals surface area contributed by atoms with Crippen molar-refractivity contribution in [2.45, 2.75) is 26.2 Å². The molecule has 0 unspecified atom stereocenters. The Labute approximate surface area is 172 Å². The second kappa shape index (κ2) is 8.34. The first kappa shape index (κ1) is 19.7. The van der Waals surface area contributed by atoms with E-state index >= 15 is 0 Å². The zero-order valence-electron chi connectivity index (χ0n) is 14.6. The molecule has 0 spiro atoms. The lowest BCUT2D eigenvalue weighted by molar-refractivity contribution is -0.120. The Morgan fingerprint density at radius 2 is 1.56 bits per heavy atom. The molecule has 1 N–H and O–H groups in total. The van der Waals surface area contributed by atoms with Crippen molar-refractivity contribution >= 4 is 58.0 Å². The molecule has 0 aromatic heterocycles. The first-order valence-electron chi connectivity index (χ1n) is 8.51. The number of aryl methyl sites for hydroxylation is 1. The van der Waals surface area contributed by atoms with Crippen molar-refractivity contribution in [3.8, 4) is 0 Å². The van der Waals surface area contributed by atoms with Gasteiger partial charge in [0, 0.05) is 15.7 Å². The fourth-order valence-electron chi connectivity index (χ4n) is 2.79. The number of imide groups is 1. The van der Waals surface area contributed by atoms with Crippen LogP contribution in [0.3, 0.4) is 0 Å². The van der Waals surface area contributed by atoms with Crippen LogP contribution in [-0.4, -0.2) is 11.8 Å². The first-order valence-corrected chi connectivity index (χ1v) is 9.64. The number of unbranched alkanes of at least 4 members (excludes halogenated alkanes) is 1.